The zero-order chi connectivity index (χ0) is 24.2. The Hall–Kier alpha value is -3.99. The Morgan fingerprint density at radius 1 is 1.12 bits per heavy atom. The van der Waals surface area contributed by atoms with E-state index in [2.05, 4.69) is 9.97 Å². The molecule has 4 heterocycles. The van der Waals surface area contributed by atoms with Crippen LogP contribution in [0.15, 0.2) is 59.8 Å². The van der Waals surface area contributed by atoms with Gasteiger partial charge < -0.3 is 14.3 Å². The van der Waals surface area contributed by atoms with Crippen LogP contribution in [0, 0.1) is 11.6 Å². The zero-order valence-corrected chi connectivity index (χ0v) is 18.9. The van der Waals surface area contributed by atoms with E-state index < -0.39 is 21.7 Å². The third-order valence-electron chi connectivity index (χ3n) is 5.55. The van der Waals surface area contributed by atoms with Crippen LogP contribution in [0.2, 0.25) is 0 Å². The molecule has 0 amide bonds. The normalized spacial score (nSPS) is 12.0. The van der Waals surface area contributed by atoms with Crippen LogP contribution >= 0.6 is 0 Å². The van der Waals surface area contributed by atoms with Crippen molar-refractivity contribution < 1.29 is 21.9 Å². The lowest BCUT2D eigenvalue weighted by Crippen LogP contribution is -2.16. The summed E-state index contributed by atoms with van der Waals surface area (Å²) in [4.78, 5) is 19.9. The Labute approximate surface area is 192 Å². The van der Waals surface area contributed by atoms with Gasteiger partial charge in [0.1, 0.15) is 11.3 Å². The molecule has 4 aromatic heterocycles. The number of aryl methyl sites for hydroxylation is 1. The van der Waals surface area contributed by atoms with Crippen molar-refractivity contribution >= 4 is 32.0 Å². The first kappa shape index (κ1) is 21.8. The van der Waals surface area contributed by atoms with E-state index >= 15 is 0 Å². The maximum Gasteiger partial charge on any atom is 0.274 e. The summed E-state index contributed by atoms with van der Waals surface area (Å²) >= 11 is 0. The van der Waals surface area contributed by atoms with Gasteiger partial charge in [0.05, 0.1) is 16.8 Å². The number of aromatic amines is 1. The third-order valence-corrected chi connectivity index (χ3v) is 7.20. The molecule has 0 radical (unpaired) electrons. The van der Waals surface area contributed by atoms with Gasteiger partial charge in [-0.2, -0.15) is 0 Å². The van der Waals surface area contributed by atoms with Gasteiger partial charge in [-0.1, -0.05) is 0 Å². The van der Waals surface area contributed by atoms with Crippen molar-refractivity contribution in [3.05, 3.63) is 77.0 Å². The Kier molecular flexibility index (Phi) is 5.01. The van der Waals surface area contributed by atoms with Gasteiger partial charge in [-0.15, -0.1) is 0 Å². The van der Waals surface area contributed by atoms with Crippen LogP contribution in [-0.4, -0.2) is 32.7 Å². The highest BCUT2D eigenvalue weighted by Crippen LogP contribution is 2.38. The zero-order valence-electron chi connectivity index (χ0n) is 18.0. The van der Waals surface area contributed by atoms with Crippen molar-refractivity contribution in [2.45, 2.75) is 6.92 Å². The van der Waals surface area contributed by atoms with E-state index in [9.17, 15) is 22.0 Å². The van der Waals surface area contributed by atoms with Gasteiger partial charge in [-0.3, -0.25) is 4.79 Å². The second-order valence-electron chi connectivity index (χ2n) is 7.66. The lowest BCUT2D eigenvalue weighted by atomic mass is 10.0. The molecule has 174 valence electrons. The summed E-state index contributed by atoms with van der Waals surface area (Å²) in [6.45, 7) is 1.53. The smallest absolute Gasteiger partial charge is 0.274 e. The fraction of sp³-hybridized carbons (Fsp3) is 0.130. The minimum absolute atomic E-state index is 0.0363. The number of aromatic nitrogens is 4. The van der Waals surface area contributed by atoms with E-state index in [0.29, 0.717) is 39.1 Å². The molecular formula is C23H18F2N4O4S. The Balaban J connectivity index is 1.83. The topological polar surface area (TPSA) is 99.0 Å². The molecule has 5 rings (SSSR count). The number of fused-ring (bicyclic) bond motifs is 2. The number of nitrogens with zero attached hydrogens (tertiary/aromatic N) is 3. The second-order valence-corrected chi connectivity index (χ2v) is 9.79. The summed E-state index contributed by atoms with van der Waals surface area (Å²) in [5.74, 6) is -2.11. The number of hydrogen-bond acceptors (Lipinski definition) is 5. The lowest BCUT2D eigenvalue weighted by Gasteiger charge is -2.14. The van der Waals surface area contributed by atoms with Crippen molar-refractivity contribution in [3.8, 4) is 22.8 Å². The van der Waals surface area contributed by atoms with Crippen LogP contribution in [0.25, 0.3) is 33.1 Å². The second kappa shape index (κ2) is 7.80. The quantitative estimate of drug-likeness (QED) is 0.404. The molecule has 5 aromatic rings. The van der Waals surface area contributed by atoms with E-state index in [1.54, 1.807) is 31.6 Å². The van der Waals surface area contributed by atoms with E-state index in [1.165, 1.54) is 23.8 Å². The summed E-state index contributed by atoms with van der Waals surface area (Å²) in [5, 5.41) is 0.546. The average Bonchev–Trinajstić information content (AvgIpc) is 3.45. The number of H-pyrrole nitrogens is 1. The number of nitrogens with one attached hydrogen (secondary N) is 1. The molecule has 0 saturated carbocycles. The number of hydrogen-bond donors (Lipinski definition) is 1. The minimum Gasteiger partial charge on any atom is -0.435 e. The number of ether oxygens (including phenoxy) is 1. The summed E-state index contributed by atoms with van der Waals surface area (Å²) < 4.78 is 61.3. The molecule has 0 aliphatic heterocycles. The fourth-order valence-corrected chi connectivity index (χ4v) is 4.79. The summed E-state index contributed by atoms with van der Waals surface area (Å²) in [7, 11) is -2.07. The Bertz CT molecular complexity index is 1750. The molecule has 8 nitrogen and oxygen atoms in total. The van der Waals surface area contributed by atoms with Gasteiger partial charge >= 0.3 is 0 Å². The van der Waals surface area contributed by atoms with Crippen molar-refractivity contribution in [1.82, 2.24) is 18.5 Å². The fourth-order valence-electron chi connectivity index (χ4n) is 3.82. The monoisotopic (exact) mass is 484 g/mol. The first-order valence-electron chi connectivity index (χ1n) is 10.2. The summed E-state index contributed by atoms with van der Waals surface area (Å²) in [5.41, 5.74) is 1.49. The average molecular weight is 484 g/mol. The molecule has 0 aliphatic carbocycles. The van der Waals surface area contributed by atoms with Crippen LogP contribution in [0.3, 0.4) is 0 Å². The first-order chi connectivity index (χ1) is 16.2. The number of pyridine rings is 2. The molecule has 1 N–H and O–H groups in total. The first-order valence-corrected chi connectivity index (χ1v) is 11.9. The van der Waals surface area contributed by atoms with Crippen LogP contribution in [0.1, 0.15) is 6.92 Å². The van der Waals surface area contributed by atoms with Crippen LogP contribution < -0.4 is 10.3 Å². The molecule has 0 unspecified atom stereocenters. The molecule has 0 saturated heterocycles. The number of benzene rings is 1. The molecule has 34 heavy (non-hydrogen) atoms. The SMILES string of the molecule is CCS(=O)(=O)n1ccc2nc(Oc3ccc(F)cc3F)c(-c3cn(C)c(=O)c4[nH]ccc34)cc21. The van der Waals surface area contributed by atoms with Gasteiger partial charge in [-0.25, -0.2) is 26.2 Å². The molecule has 0 bridgehead atoms. The van der Waals surface area contributed by atoms with Crippen molar-refractivity contribution in [2.24, 2.45) is 7.05 Å². The largest absolute Gasteiger partial charge is 0.435 e. The predicted molar refractivity (Wildman–Crippen MR) is 124 cm³/mol. The lowest BCUT2D eigenvalue weighted by molar-refractivity contribution is 0.426. The van der Waals surface area contributed by atoms with E-state index in [4.69, 9.17) is 4.74 Å². The Morgan fingerprint density at radius 2 is 1.91 bits per heavy atom. The maximum absolute atomic E-state index is 14.4. The highest BCUT2D eigenvalue weighted by atomic mass is 32.2. The van der Waals surface area contributed by atoms with Gasteiger partial charge in [0.25, 0.3) is 5.56 Å². The van der Waals surface area contributed by atoms with Gasteiger partial charge in [0.15, 0.2) is 11.6 Å². The standard InChI is InChI=1S/C23H18F2N4O4S/c1-3-34(31,32)29-9-7-18-19(29)11-15(16-12-28(2)23(30)21-14(16)6-8-26-21)22(27-18)33-20-5-4-13(24)10-17(20)25/h4-12,26H,3H2,1-2H3. The molecule has 0 atom stereocenters. The molecule has 0 spiro atoms. The summed E-state index contributed by atoms with van der Waals surface area (Å²) in [6.07, 6.45) is 4.55. The predicted octanol–water partition coefficient (Wildman–Crippen LogP) is 4.15. The van der Waals surface area contributed by atoms with Crippen molar-refractivity contribution in [3.63, 3.8) is 0 Å². The molecular weight excluding hydrogens is 466 g/mol. The van der Waals surface area contributed by atoms with Crippen LogP contribution in [-0.2, 0) is 17.1 Å². The third kappa shape index (κ3) is 3.45. The van der Waals surface area contributed by atoms with Crippen LogP contribution in [0.4, 0.5) is 8.78 Å². The van der Waals surface area contributed by atoms with Crippen molar-refractivity contribution in [2.75, 3.05) is 5.75 Å². The number of halogens is 2. The van der Waals surface area contributed by atoms with Gasteiger partial charge in [0, 0.05) is 48.2 Å². The van der Waals surface area contributed by atoms with E-state index in [0.717, 1.165) is 16.1 Å². The van der Waals surface area contributed by atoms with Gasteiger partial charge in [0.2, 0.25) is 15.9 Å². The molecule has 0 aliphatic rings. The molecule has 11 heteroatoms. The van der Waals surface area contributed by atoms with E-state index in [1.807, 2.05) is 0 Å². The van der Waals surface area contributed by atoms with Crippen LogP contribution in [0.5, 0.6) is 11.6 Å². The minimum atomic E-state index is -3.64. The summed E-state index contributed by atoms with van der Waals surface area (Å²) in [6, 6.07) is 7.65. The molecule has 0 fully saturated rings. The van der Waals surface area contributed by atoms with E-state index in [-0.39, 0.29) is 22.9 Å². The highest BCUT2D eigenvalue weighted by molar-refractivity contribution is 7.90. The van der Waals surface area contributed by atoms with Gasteiger partial charge in [-0.05, 0) is 37.3 Å². The highest BCUT2D eigenvalue weighted by Gasteiger charge is 2.22. The van der Waals surface area contributed by atoms with Crippen molar-refractivity contribution in [1.29, 1.82) is 0 Å². The maximum atomic E-state index is 14.4. The number of rotatable bonds is 5. The molecule has 1 aromatic carbocycles. The Morgan fingerprint density at radius 3 is 2.65 bits per heavy atom.